The van der Waals surface area contributed by atoms with E-state index in [1.54, 1.807) is 0 Å². The minimum Gasteiger partial charge on any atom is -0.373 e. The Bertz CT molecular complexity index is 1450. The Kier molecular flexibility index (Phi) is 5.25. The molecule has 196 valence electrons. The van der Waals surface area contributed by atoms with Crippen LogP contribution in [0.2, 0.25) is 0 Å². The molecule has 0 spiro atoms. The van der Waals surface area contributed by atoms with E-state index in [2.05, 4.69) is 9.97 Å². The number of alkyl halides is 5. The van der Waals surface area contributed by atoms with Gasteiger partial charge in [-0.2, -0.15) is 22.0 Å². The minimum absolute atomic E-state index is 0.101. The van der Waals surface area contributed by atoms with Crippen molar-refractivity contribution in [1.82, 2.24) is 19.5 Å². The van der Waals surface area contributed by atoms with Gasteiger partial charge >= 0.3 is 12.7 Å². The molecule has 0 aromatic carbocycles. The van der Waals surface area contributed by atoms with Crippen LogP contribution in [0.3, 0.4) is 0 Å². The summed E-state index contributed by atoms with van der Waals surface area (Å²) in [5, 5.41) is 0.315. The standard InChI is InChI=1S/C25H22F6N4O2/c1-12-16(26)7-15-19(23-9-24(10-23,11-23)25(29,30)31)33-20(34-21(15)32-12)13-4-5-37-17(6-13)14-2-3-18(36)35(8-14)22(27)28/h2-3,7-8,13,17,22H,4-6,9-11H2,1H3. The number of aryl methyl sites for hydroxylation is 1. The summed E-state index contributed by atoms with van der Waals surface area (Å²) < 4.78 is 87.6. The SMILES string of the molecule is Cc1nc2nc(C3CCOC(c4ccc(=O)n(C(F)F)c4)C3)nc(C34CC(C(F)(F)F)(C3)C4)c2cc1F. The number of nitrogens with zero attached hydrogens (tertiary/aromatic N) is 4. The van der Waals surface area contributed by atoms with Crippen molar-refractivity contribution in [3.63, 3.8) is 0 Å². The van der Waals surface area contributed by atoms with Crippen LogP contribution in [0.5, 0.6) is 0 Å². The third-order valence-corrected chi connectivity index (χ3v) is 8.16. The first kappa shape index (κ1) is 24.3. The Morgan fingerprint density at radius 3 is 2.54 bits per heavy atom. The van der Waals surface area contributed by atoms with E-state index in [4.69, 9.17) is 9.72 Å². The molecule has 2 bridgehead atoms. The number of ether oxygens (including phenoxy) is 1. The molecule has 7 rings (SSSR count). The zero-order valence-electron chi connectivity index (χ0n) is 19.7. The fourth-order valence-corrected chi connectivity index (χ4v) is 6.19. The molecule has 12 heteroatoms. The van der Waals surface area contributed by atoms with Gasteiger partial charge < -0.3 is 4.74 Å². The topological polar surface area (TPSA) is 69.9 Å². The average molecular weight is 524 g/mol. The number of halogens is 6. The van der Waals surface area contributed by atoms with E-state index < -0.39 is 41.0 Å². The van der Waals surface area contributed by atoms with Gasteiger partial charge in [-0.15, -0.1) is 0 Å². The van der Waals surface area contributed by atoms with Gasteiger partial charge in [-0.25, -0.2) is 19.3 Å². The fourth-order valence-electron chi connectivity index (χ4n) is 6.19. The maximum Gasteiger partial charge on any atom is 0.394 e. The highest BCUT2D eigenvalue weighted by molar-refractivity contribution is 5.80. The molecule has 6 nitrogen and oxygen atoms in total. The third kappa shape index (κ3) is 3.66. The Balaban J connectivity index is 1.37. The maximum absolute atomic E-state index is 14.4. The summed E-state index contributed by atoms with van der Waals surface area (Å²) in [5.74, 6) is -0.519. The van der Waals surface area contributed by atoms with E-state index in [0.717, 1.165) is 12.3 Å². The van der Waals surface area contributed by atoms with E-state index in [9.17, 15) is 31.1 Å². The molecule has 3 aliphatic carbocycles. The first-order valence-electron chi connectivity index (χ1n) is 12.0. The fraction of sp³-hybridized carbons (Fsp3) is 0.520. The quantitative estimate of drug-likeness (QED) is 0.413. The van der Waals surface area contributed by atoms with Gasteiger partial charge in [-0.1, -0.05) is 0 Å². The van der Waals surface area contributed by atoms with Gasteiger partial charge in [0.15, 0.2) is 5.65 Å². The number of hydrogen-bond acceptors (Lipinski definition) is 5. The smallest absolute Gasteiger partial charge is 0.373 e. The number of hydrogen-bond donors (Lipinski definition) is 0. The summed E-state index contributed by atoms with van der Waals surface area (Å²) >= 11 is 0. The Labute approximate surface area is 206 Å². The monoisotopic (exact) mass is 524 g/mol. The lowest BCUT2D eigenvalue weighted by Gasteiger charge is -2.70. The molecular weight excluding hydrogens is 502 g/mol. The summed E-state index contributed by atoms with van der Waals surface area (Å²) in [6, 6.07) is 3.74. The van der Waals surface area contributed by atoms with Crippen LogP contribution in [0.15, 0.2) is 29.2 Å². The second-order valence-electron chi connectivity index (χ2n) is 10.5. The second-order valence-corrected chi connectivity index (χ2v) is 10.5. The maximum atomic E-state index is 14.4. The van der Waals surface area contributed by atoms with Crippen LogP contribution in [0, 0.1) is 18.2 Å². The van der Waals surface area contributed by atoms with E-state index in [-0.39, 0.29) is 43.1 Å². The van der Waals surface area contributed by atoms with Crippen LogP contribution in [0.4, 0.5) is 26.3 Å². The molecule has 0 amide bonds. The van der Waals surface area contributed by atoms with Gasteiger partial charge in [0.1, 0.15) is 11.6 Å². The third-order valence-electron chi connectivity index (χ3n) is 8.16. The van der Waals surface area contributed by atoms with Crippen LogP contribution in [0.1, 0.15) is 73.5 Å². The first-order valence-corrected chi connectivity index (χ1v) is 12.0. The second kappa shape index (κ2) is 7.99. The van der Waals surface area contributed by atoms with Crippen molar-refractivity contribution >= 4 is 11.0 Å². The molecule has 2 atom stereocenters. The van der Waals surface area contributed by atoms with Crippen LogP contribution in [0.25, 0.3) is 11.0 Å². The molecule has 4 aliphatic rings. The summed E-state index contributed by atoms with van der Waals surface area (Å²) in [5.41, 5.74) is -2.22. The average Bonchev–Trinajstić information content (AvgIpc) is 2.77. The molecule has 3 aromatic heterocycles. The highest BCUT2D eigenvalue weighted by atomic mass is 19.4. The Hall–Kier alpha value is -3.02. The molecule has 3 saturated carbocycles. The van der Waals surface area contributed by atoms with Crippen molar-refractivity contribution in [3.05, 3.63) is 63.3 Å². The Morgan fingerprint density at radius 1 is 1.14 bits per heavy atom. The van der Waals surface area contributed by atoms with Gasteiger partial charge in [0.05, 0.1) is 22.9 Å². The van der Waals surface area contributed by atoms with Gasteiger partial charge in [-0.3, -0.25) is 9.36 Å². The molecule has 4 fully saturated rings. The zero-order chi connectivity index (χ0) is 26.3. The predicted octanol–water partition coefficient (Wildman–Crippen LogP) is 5.65. The van der Waals surface area contributed by atoms with Crippen molar-refractivity contribution in [2.75, 3.05) is 6.61 Å². The van der Waals surface area contributed by atoms with E-state index in [1.165, 1.54) is 19.1 Å². The highest BCUT2D eigenvalue weighted by Crippen LogP contribution is 2.78. The van der Waals surface area contributed by atoms with Crippen molar-refractivity contribution in [2.24, 2.45) is 5.41 Å². The summed E-state index contributed by atoms with van der Waals surface area (Å²) in [4.78, 5) is 25.3. The number of rotatable bonds is 4. The summed E-state index contributed by atoms with van der Waals surface area (Å²) in [6.45, 7) is -1.25. The zero-order valence-corrected chi connectivity index (χ0v) is 19.7. The van der Waals surface area contributed by atoms with Crippen LogP contribution in [-0.2, 0) is 10.2 Å². The molecule has 3 aromatic rings. The largest absolute Gasteiger partial charge is 0.394 e. The van der Waals surface area contributed by atoms with Crippen LogP contribution >= 0.6 is 0 Å². The summed E-state index contributed by atoms with van der Waals surface area (Å²) in [6.07, 6.45) is -3.34. The predicted molar refractivity (Wildman–Crippen MR) is 119 cm³/mol. The molecule has 0 N–H and O–H groups in total. The van der Waals surface area contributed by atoms with Crippen LogP contribution in [-0.4, -0.2) is 32.3 Å². The molecule has 2 unspecified atom stereocenters. The van der Waals surface area contributed by atoms with E-state index >= 15 is 0 Å². The van der Waals surface area contributed by atoms with Gasteiger partial charge in [0.25, 0.3) is 5.56 Å². The van der Waals surface area contributed by atoms with Crippen LogP contribution < -0.4 is 5.56 Å². The highest BCUT2D eigenvalue weighted by Gasteiger charge is 2.79. The van der Waals surface area contributed by atoms with Crippen molar-refractivity contribution in [1.29, 1.82) is 0 Å². The molecule has 37 heavy (non-hydrogen) atoms. The molecule has 1 aliphatic heterocycles. The number of pyridine rings is 2. The lowest BCUT2D eigenvalue weighted by Crippen LogP contribution is -2.70. The van der Waals surface area contributed by atoms with E-state index in [0.29, 0.717) is 39.9 Å². The van der Waals surface area contributed by atoms with Gasteiger partial charge in [0, 0.05) is 35.6 Å². The van der Waals surface area contributed by atoms with Crippen molar-refractivity contribution in [2.45, 2.75) is 69.2 Å². The van der Waals surface area contributed by atoms with Crippen molar-refractivity contribution < 1.29 is 31.1 Å². The van der Waals surface area contributed by atoms with Gasteiger partial charge in [-0.05, 0) is 56.7 Å². The lowest BCUT2D eigenvalue weighted by atomic mass is 9.33. The van der Waals surface area contributed by atoms with Crippen molar-refractivity contribution in [3.8, 4) is 0 Å². The van der Waals surface area contributed by atoms with E-state index in [1.807, 2.05) is 0 Å². The normalized spacial score (nSPS) is 29.3. The summed E-state index contributed by atoms with van der Waals surface area (Å²) in [7, 11) is 0. The van der Waals surface area contributed by atoms with Gasteiger partial charge in [0.2, 0.25) is 0 Å². The molecule has 4 heterocycles. The Morgan fingerprint density at radius 2 is 1.86 bits per heavy atom. The molecule has 0 radical (unpaired) electrons. The lowest BCUT2D eigenvalue weighted by molar-refractivity contribution is -0.337. The number of fused-ring (bicyclic) bond motifs is 1. The number of aromatic nitrogens is 4. The molecular formula is C25H22F6N4O2. The minimum atomic E-state index is -4.30. The molecule has 1 saturated heterocycles. The first-order chi connectivity index (χ1) is 17.4.